The Morgan fingerprint density at radius 3 is 2.50 bits per heavy atom. The van der Waals surface area contributed by atoms with Crippen LogP contribution in [0.2, 0.25) is 0 Å². The number of hydrogen-bond acceptors (Lipinski definition) is 5. The summed E-state index contributed by atoms with van der Waals surface area (Å²) in [6.07, 6.45) is 1.40. The summed E-state index contributed by atoms with van der Waals surface area (Å²) in [5.41, 5.74) is 8.21. The van der Waals surface area contributed by atoms with Gasteiger partial charge in [0.2, 0.25) is 5.95 Å². The maximum absolute atomic E-state index is 11.0. The number of aromatic nitrogens is 3. The van der Waals surface area contributed by atoms with Crippen LogP contribution in [0.15, 0.2) is 54.9 Å². The van der Waals surface area contributed by atoms with Gasteiger partial charge in [0.25, 0.3) is 0 Å². The molecule has 0 unspecified atom stereocenters. The zero-order chi connectivity index (χ0) is 15.5. The molecule has 0 aliphatic heterocycles. The van der Waals surface area contributed by atoms with Gasteiger partial charge in [-0.3, -0.25) is 4.90 Å². The summed E-state index contributed by atoms with van der Waals surface area (Å²) in [6, 6.07) is 13.8. The van der Waals surface area contributed by atoms with Crippen molar-refractivity contribution in [3.63, 3.8) is 0 Å². The molecular formula is C15H13N5O2. The number of nitrogens with two attached hydrogens (primary N) is 1. The first kappa shape index (κ1) is 13.6. The van der Waals surface area contributed by atoms with Crippen LogP contribution in [-0.4, -0.2) is 26.3 Å². The van der Waals surface area contributed by atoms with Crippen molar-refractivity contribution in [3.05, 3.63) is 60.4 Å². The fraction of sp³-hybridized carbons (Fsp3) is 0. The molecule has 2 aromatic carbocycles. The van der Waals surface area contributed by atoms with Gasteiger partial charge < -0.3 is 10.8 Å². The van der Waals surface area contributed by atoms with E-state index in [1.165, 1.54) is 18.5 Å². The Morgan fingerprint density at radius 2 is 1.91 bits per heavy atom. The summed E-state index contributed by atoms with van der Waals surface area (Å²) >= 11 is 0. The minimum absolute atomic E-state index is 0.217. The molecule has 3 aromatic rings. The average molecular weight is 295 g/mol. The maximum Gasteiger partial charge on any atom is 0.335 e. The third kappa shape index (κ3) is 2.59. The molecule has 0 saturated carbocycles. The minimum Gasteiger partial charge on any atom is -0.478 e. The lowest BCUT2D eigenvalue weighted by Crippen LogP contribution is -2.12. The molecule has 0 aliphatic rings. The quantitative estimate of drug-likeness (QED) is 0.638. The summed E-state index contributed by atoms with van der Waals surface area (Å²) in [4.78, 5) is 16.9. The molecule has 0 fully saturated rings. The molecule has 0 saturated heterocycles. The van der Waals surface area contributed by atoms with E-state index in [2.05, 4.69) is 15.2 Å². The van der Waals surface area contributed by atoms with Gasteiger partial charge in [0, 0.05) is 11.4 Å². The largest absolute Gasteiger partial charge is 0.478 e. The Labute approximate surface area is 126 Å². The second kappa shape index (κ2) is 5.57. The van der Waals surface area contributed by atoms with Gasteiger partial charge in [-0.1, -0.05) is 6.07 Å². The first-order valence-electron chi connectivity index (χ1n) is 6.49. The SMILES string of the molecule is Nc1cccc(N(c2ccc(C(=O)O)cc2)c2ncn[nH]2)c1. The Bertz CT molecular complexity index is 784. The summed E-state index contributed by atoms with van der Waals surface area (Å²) < 4.78 is 0. The van der Waals surface area contributed by atoms with Gasteiger partial charge in [0.15, 0.2) is 0 Å². The van der Waals surface area contributed by atoms with Crippen molar-refractivity contribution in [3.8, 4) is 0 Å². The van der Waals surface area contributed by atoms with Gasteiger partial charge in [-0.05, 0) is 42.5 Å². The number of rotatable bonds is 4. The van der Waals surface area contributed by atoms with E-state index < -0.39 is 5.97 Å². The number of nitrogens with zero attached hydrogens (tertiary/aromatic N) is 3. The predicted octanol–water partition coefficient (Wildman–Crippen LogP) is 2.55. The second-order valence-electron chi connectivity index (χ2n) is 4.59. The molecule has 7 heteroatoms. The summed E-state index contributed by atoms with van der Waals surface area (Å²) in [5.74, 6) is -0.463. The summed E-state index contributed by atoms with van der Waals surface area (Å²) in [5, 5.41) is 15.7. The molecular weight excluding hydrogens is 282 g/mol. The van der Waals surface area contributed by atoms with E-state index in [0.717, 1.165) is 11.4 Å². The number of nitrogens with one attached hydrogen (secondary N) is 1. The second-order valence-corrected chi connectivity index (χ2v) is 4.59. The lowest BCUT2D eigenvalue weighted by molar-refractivity contribution is 0.0697. The van der Waals surface area contributed by atoms with Crippen LogP contribution in [-0.2, 0) is 0 Å². The summed E-state index contributed by atoms with van der Waals surface area (Å²) in [6.45, 7) is 0. The first-order valence-corrected chi connectivity index (χ1v) is 6.49. The normalized spacial score (nSPS) is 10.4. The van der Waals surface area contributed by atoms with E-state index in [9.17, 15) is 4.79 Å². The molecule has 110 valence electrons. The van der Waals surface area contributed by atoms with Crippen LogP contribution in [0.25, 0.3) is 0 Å². The molecule has 0 radical (unpaired) electrons. The number of anilines is 4. The smallest absolute Gasteiger partial charge is 0.335 e. The van der Waals surface area contributed by atoms with Crippen LogP contribution in [0.5, 0.6) is 0 Å². The average Bonchev–Trinajstić information content (AvgIpc) is 3.02. The van der Waals surface area contributed by atoms with Crippen molar-refractivity contribution < 1.29 is 9.90 Å². The van der Waals surface area contributed by atoms with Gasteiger partial charge in [-0.25, -0.2) is 9.89 Å². The highest BCUT2D eigenvalue weighted by Crippen LogP contribution is 2.32. The molecule has 3 rings (SSSR count). The number of nitrogen functional groups attached to an aromatic ring is 1. The van der Waals surface area contributed by atoms with E-state index in [1.807, 2.05) is 12.1 Å². The Balaban J connectivity index is 2.08. The van der Waals surface area contributed by atoms with Crippen LogP contribution in [0.4, 0.5) is 23.0 Å². The highest BCUT2D eigenvalue weighted by molar-refractivity contribution is 5.88. The van der Waals surface area contributed by atoms with Crippen LogP contribution in [0.3, 0.4) is 0 Å². The van der Waals surface area contributed by atoms with Gasteiger partial charge >= 0.3 is 5.97 Å². The predicted molar refractivity (Wildman–Crippen MR) is 82.4 cm³/mol. The molecule has 22 heavy (non-hydrogen) atoms. The number of carboxylic acid groups (broad SMARTS) is 1. The van der Waals surface area contributed by atoms with E-state index in [4.69, 9.17) is 10.8 Å². The molecule has 7 nitrogen and oxygen atoms in total. The van der Waals surface area contributed by atoms with Crippen molar-refractivity contribution in [1.82, 2.24) is 15.2 Å². The van der Waals surface area contributed by atoms with Crippen molar-refractivity contribution in [2.45, 2.75) is 0 Å². The lowest BCUT2D eigenvalue weighted by atomic mass is 10.2. The lowest BCUT2D eigenvalue weighted by Gasteiger charge is -2.22. The zero-order valence-corrected chi connectivity index (χ0v) is 11.5. The molecule has 0 spiro atoms. The standard InChI is InChI=1S/C15H13N5O2/c16-11-2-1-3-13(8-11)20(15-17-9-18-19-15)12-6-4-10(5-7-12)14(21)22/h1-9H,16H2,(H,21,22)(H,17,18,19). The van der Waals surface area contributed by atoms with Crippen molar-refractivity contribution in [2.75, 3.05) is 10.6 Å². The fourth-order valence-electron chi connectivity index (χ4n) is 2.12. The number of carboxylic acids is 1. The Morgan fingerprint density at radius 1 is 1.14 bits per heavy atom. The van der Waals surface area contributed by atoms with E-state index >= 15 is 0 Å². The van der Waals surface area contributed by atoms with E-state index in [1.54, 1.807) is 29.2 Å². The minimum atomic E-state index is -0.971. The topological polar surface area (TPSA) is 108 Å². The fourth-order valence-corrected chi connectivity index (χ4v) is 2.12. The van der Waals surface area contributed by atoms with Crippen molar-refractivity contribution >= 4 is 29.0 Å². The van der Waals surface area contributed by atoms with Gasteiger partial charge in [0.05, 0.1) is 11.3 Å². The van der Waals surface area contributed by atoms with Crippen LogP contribution >= 0.6 is 0 Å². The molecule has 1 aromatic heterocycles. The van der Waals surface area contributed by atoms with Crippen LogP contribution in [0, 0.1) is 0 Å². The molecule has 0 aliphatic carbocycles. The van der Waals surface area contributed by atoms with Crippen LogP contribution < -0.4 is 10.6 Å². The molecule has 0 amide bonds. The van der Waals surface area contributed by atoms with E-state index in [-0.39, 0.29) is 5.56 Å². The number of H-pyrrole nitrogens is 1. The zero-order valence-electron chi connectivity index (χ0n) is 11.5. The Kier molecular flexibility index (Phi) is 3.45. The van der Waals surface area contributed by atoms with Gasteiger partial charge in [-0.15, -0.1) is 0 Å². The molecule has 0 atom stereocenters. The van der Waals surface area contributed by atoms with Gasteiger partial charge in [0.1, 0.15) is 6.33 Å². The number of benzene rings is 2. The number of carbonyl (C=O) groups is 1. The molecule has 1 heterocycles. The van der Waals surface area contributed by atoms with E-state index in [0.29, 0.717) is 11.6 Å². The highest BCUT2D eigenvalue weighted by Gasteiger charge is 2.15. The van der Waals surface area contributed by atoms with Crippen molar-refractivity contribution in [2.24, 2.45) is 0 Å². The third-order valence-electron chi connectivity index (χ3n) is 3.11. The monoisotopic (exact) mass is 295 g/mol. The van der Waals surface area contributed by atoms with Crippen molar-refractivity contribution in [1.29, 1.82) is 0 Å². The number of hydrogen-bond donors (Lipinski definition) is 3. The maximum atomic E-state index is 11.0. The number of aromatic carboxylic acids is 1. The third-order valence-corrected chi connectivity index (χ3v) is 3.11. The summed E-state index contributed by atoms with van der Waals surface area (Å²) in [7, 11) is 0. The van der Waals surface area contributed by atoms with Crippen LogP contribution in [0.1, 0.15) is 10.4 Å². The molecule has 4 N–H and O–H groups in total. The first-order chi connectivity index (χ1) is 10.6. The highest BCUT2D eigenvalue weighted by atomic mass is 16.4. The Hall–Kier alpha value is -3.35. The molecule has 0 bridgehead atoms. The number of aromatic amines is 1. The van der Waals surface area contributed by atoms with Gasteiger partial charge in [-0.2, -0.15) is 10.1 Å².